The molecule has 0 aliphatic carbocycles. The number of hydrogen-bond donors (Lipinski definition) is 2. The Labute approximate surface area is 143 Å². The molecule has 0 aliphatic heterocycles. The second kappa shape index (κ2) is 11.5. The summed E-state index contributed by atoms with van der Waals surface area (Å²) >= 11 is 0. The molecule has 1 rings (SSSR count). The van der Waals surface area contributed by atoms with Crippen LogP contribution < -0.4 is 10.1 Å². The molecule has 24 heavy (non-hydrogen) atoms. The molecule has 6 heteroatoms. The number of benzene rings is 1. The highest BCUT2D eigenvalue weighted by atomic mass is 16.5. The first-order valence-corrected chi connectivity index (χ1v) is 8.30. The van der Waals surface area contributed by atoms with Crippen molar-refractivity contribution >= 4 is 11.9 Å². The van der Waals surface area contributed by atoms with Crippen LogP contribution in [0, 0.1) is 0 Å². The number of ether oxygens (including phenoxy) is 2. The summed E-state index contributed by atoms with van der Waals surface area (Å²) in [6.07, 6.45) is 3.88. The lowest BCUT2D eigenvalue weighted by Gasteiger charge is -2.11. The molecule has 1 amide bonds. The average molecular weight is 337 g/mol. The van der Waals surface area contributed by atoms with E-state index in [0.29, 0.717) is 12.3 Å². The lowest BCUT2D eigenvalue weighted by molar-refractivity contribution is -0.148. The topological polar surface area (TPSA) is 84.9 Å². The molecule has 1 aromatic rings. The summed E-state index contributed by atoms with van der Waals surface area (Å²) in [6.45, 7) is 2.80. The monoisotopic (exact) mass is 337 g/mol. The molecular formula is C18H27NO5. The van der Waals surface area contributed by atoms with E-state index in [0.717, 1.165) is 18.4 Å². The van der Waals surface area contributed by atoms with Crippen molar-refractivity contribution in [1.82, 2.24) is 5.32 Å². The molecule has 0 bridgehead atoms. The Kier molecular flexibility index (Phi) is 9.53. The van der Waals surface area contributed by atoms with E-state index in [1.807, 2.05) is 0 Å². The number of carboxylic acid groups (broad SMARTS) is 1. The Bertz CT molecular complexity index is 501. The summed E-state index contributed by atoms with van der Waals surface area (Å²) in [6, 6.07) is 6.98. The van der Waals surface area contributed by atoms with Gasteiger partial charge in [0.25, 0.3) is 5.91 Å². The first kappa shape index (κ1) is 20.0. The number of nitrogens with one attached hydrogen (secondary N) is 1. The smallest absolute Gasteiger partial charge is 0.333 e. The van der Waals surface area contributed by atoms with Gasteiger partial charge in [-0.25, -0.2) is 4.79 Å². The zero-order valence-corrected chi connectivity index (χ0v) is 14.4. The molecule has 0 saturated carbocycles. The fraction of sp³-hybridized carbons (Fsp3) is 0.556. The van der Waals surface area contributed by atoms with Gasteiger partial charge in [0.15, 0.2) is 12.7 Å². The maximum Gasteiger partial charge on any atom is 0.333 e. The number of carbonyl (C=O) groups excluding carboxylic acids is 1. The van der Waals surface area contributed by atoms with Gasteiger partial charge in [0.2, 0.25) is 0 Å². The number of rotatable bonds is 12. The Balaban J connectivity index is 2.31. The van der Waals surface area contributed by atoms with Crippen LogP contribution in [0.1, 0.15) is 38.2 Å². The minimum absolute atomic E-state index is 0.0249. The number of carbonyl (C=O) groups is 2. The van der Waals surface area contributed by atoms with Gasteiger partial charge in [0.05, 0.1) is 0 Å². The van der Waals surface area contributed by atoms with E-state index < -0.39 is 12.1 Å². The first-order valence-electron chi connectivity index (χ1n) is 8.30. The number of aliphatic carboxylic acids is 1. The van der Waals surface area contributed by atoms with Crippen LogP contribution in [0.25, 0.3) is 0 Å². The quantitative estimate of drug-likeness (QED) is 0.572. The number of unbranched alkanes of at least 4 members (excludes halogenated alkanes) is 3. The third-order valence-corrected chi connectivity index (χ3v) is 3.63. The molecule has 1 unspecified atom stereocenters. The van der Waals surface area contributed by atoms with Crippen LogP contribution >= 0.6 is 0 Å². The van der Waals surface area contributed by atoms with Gasteiger partial charge in [-0.3, -0.25) is 4.79 Å². The summed E-state index contributed by atoms with van der Waals surface area (Å²) in [5.41, 5.74) is 0.831. The van der Waals surface area contributed by atoms with E-state index in [9.17, 15) is 9.59 Å². The first-order chi connectivity index (χ1) is 11.6. The summed E-state index contributed by atoms with van der Waals surface area (Å²) in [7, 11) is 1.37. The van der Waals surface area contributed by atoms with E-state index >= 15 is 0 Å². The zero-order chi connectivity index (χ0) is 17.8. The highest BCUT2D eigenvalue weighted by Gasteiger charge is 2.16. The van der Waals surface area contributed by atoms with E-state index in [4.69, 9.17) is 14.6 Å². The summed E-state index contributed by atoms with van der Waals surface area (Å²) in [5.74, 6) is -0.557. The number of amides is 1. The fourth-order valence-corrected chi connectivity index (χ4v) is 2.19. The van der Waals surface area contributed by atoms with E-state index in [2.05, 4.69) is 12.2 Å². The van der Waals surface area contributed by atoms with Crippen LogP contribution in [0.2, 0.25) is 0 Å². The largest absolute Gasteiger partial charge is 0.484 e. The van der Waals surface area contributed by atoms with Gasteiger partial charge in [-0.1, -0.05) is 38.3 Å². The minimum atomic E-state index is -0.992. The normalized spacial score (nSPS) is 11.8. The Morgan fingerprint density at radius 1 is 1.17 bits per heavy atom. The second-order valence-electron chi connectivity index (χ2n) is 5.61. The van der Waals surface area contributed by atoms with Crippen LogP contribution in [0.4, 0.5) is 0 Å². The predicted molar refractivity (Wildman–Crippen MR) is 91.2 cm³/mol. The Morgan fingerprint density at radius 3 is 2.46 bits per heavy atom. The molecule has 6 nitrogen and oxygen atoms in total. The fourth-order valence-electron chi connectivity index (χ4n) is 2.19. The summed E-state index contributed by atoms with van der Waals surface area (Å²) < 4.78 is 10.3. The van der Waals surface area contributed by atoms with Gasteiger partial charge in [-0.2, -0.15) is 0 Å². The Hall–Kier alpha value is -2.08. The van der Waals surface area contributed by atoms with Crippen molar-refractivity contribution in [3.63, 3.8) is 0 Å². The van der Waals surface area contributed by atoms with Crippen LogP contribution in [-0.4, -0.2) is 43.3 Å². The molecule has 1 aromatic carbocycles. The van der Waals surface area contributed by atoms with E-state index in [1.54, 1.807) is 24.3 Å². The van der Waals surface area contributed by atoms with Crippen LogP contribution in [0.5, 0.6) is 5.75 Å². The lowest BCUT2D eigenvalue weighted by atomic mass is 10.1. The molecule has 0 aromatic heterocycles. The zero-order valence-electron chi connectivity index (χ0n) is 14.4. The lowest BCUT2D eigenvalue weighted by Crippen LogP contribution is -2.29. The number of methoxy groups -OCH3 is 1. The maximum atomic E-state index is 11.7. The molecule has 2 N–H and O–H groups in total. The average Bonchev–Trinajstić information content (AvgIpc) is 2.58. The molecule has 0 saturated heterocycles. The van der Waals surface area contributed by atoms with Gasteiger partial charge in [-0.15, -0.1) is 0 Å². The van der Waals surface area contributed by atoms with Gasteiger partial charge in [0.1, 0.15) is 5.75 Å². The predicted octanol–water partition coefficient (Wildman–Crippen LogP) is 2.40. The molecule has 0 fully saturated rings. The molecule has 1 atom stereocenters. The van der Waals surface area contributed by atoms with Crippen molar-refractivity contribution < 1.29 is 24.2 Å². The highest BCUT2D eigenvalue weighted by Crippen LogP contribution is 2.14. The maximum absolute atomic E-state index is 11.7. The number of carboxylic acids is 1. The third-order valence-electron chi connectivity index (χ3n) is 3.63. The van der Waals surface area contributed by atoms with Crippen LogP contribution in [-0.2, 0) is 20.7 Å². The van der Waals surface area contributed by atoms with Crippen molar-refractivity contribution in [3.05, 3.63) is 29.8 Å². The molecule has 0 heterocycles. The van der Waals surface area contributed by atoms with Crippen molar-refractivity contribution in [1.29, 1.82) is 0 Å². The standard InChI is InChI=1S/C18H27NO5/c1-3-4-5-6-11-19-17(20)13-24-15-9-7-14(8-10-15)12-16(23-2)18(21)22/h7-10,16H,3-6,11-13H2,1-2H3,(H,19,20)(H,21,22). The minimum Gasteiger partial charge on any atom is -0.484 e. The van der Waals surface area contributed by atoms with Gasteiger partial charge < -0.3 is 19.9 Å². The third kappa shape index (κ3) is 7.97. The van der Waals surface area contributed by atoms with E-state index in [-0.39, 0.29) is 18.9 Å². The molecule has 134 valence electrons. The summed E-state index contributed by atoms with van der Waals surface area (Å²) in [4.78, 5) is 22.6. The van der Waals surface area contributed by atoms with Crippen molar-refractivity contribution in [2.75, 3.05) is 20.3 Å². The SMILES string of the molecule is CCCCCCNC(=O)COc1ccc(CC(OC)C(=O)O)cc1. The van der Waals surface area contributed by atoms with Crippen LogP contribution in [0.15, 0.2) is 24.3 Å². The van der Waals surface area contributed by atoms with E-state index in [1.165, 1.54) is 20.0 Å². The van der Waals surface area contributed by atoms with Gasteiger partial charge in [0, 0.05) is 20.1 Å². The van der Waals surface area contributed by atoms with Crippen LogP contribution in [0.3, 0.4) is 0 Å². The molecular weight excluding hydrogens is 310 g/mol. The molecule has 0 radical (unpaired) electrons. The Morgan fingerprint density at radius 2 is 1.88 bits per heavy atom. The molecule has 0 aliphatic rings. The van der Waals surface area contributed by atoms with Crippen molar-refractivity contribution in [2.24, 2.45) is 0 Å². The van der Waals surface area contributed by atoms with Gasteiger partial charge >= 0.3 is 5.97 Å². The summed E-state index contributed by atoms with van der Waals surface area (Å²) in [5, 5.41) is 11.8. The van der Waals surface area contributed by atoms with Gasteiger partial charge in [-0.05, 0) is 24.1 Å². The second-order valence-corrected chi connectivity index (χ2v) is 5.61. The van der Waals surface area contributed by atoms with Crippen molar-refractivity contribution in [3.8, 4) is 5.75 Å². The molecule has 0 spiro atoms. The van der Waals surface area contributed by atoms with Crippen molar-refractivity contribution in [2.45, 2.75) is 45.1 Å². The highest BCUT2D eigenvalue weighted by molar-refractivity contribution is 5.77. The number of hydrogen-bond acceptors (Lipinski definition) is 4.